The third-order valence-corrected chi connectivity index (χ3v) is 4.47. The maximum absolute atomic E-state index is 11.1. The molecule has 2 rings (SSSR count). The van der Waals surface area contributed by atoms with Crippen LogP contribution in [-0.4, -0.2) is 20.7 Å². The second-order valence-electron chi connectivity index (χ2n) is 4.07. The summed E-state index contributed by atoms with van der Waals surface area (Å²) >= 11 is 1.75. The summed E-state index contributed by atoms with van der Waals surface area (Å²) in [5, 5.41) is 8.20. The number of nitrogens with two attached hydrogens (primary N) is 1. The molecule has 0 aliphatic carbocycles. The maximum atomic E-state index is 11.1. The van der Waals surface area contributed by atoms with Crippen molar-refractivity contribution in [2.24, 2.45) is 5.14 Å². The summed E-state index contributed by atoms with van der Waals surface area (Å²) < 4.78 is 22.2. The first kappa shape index (κ1) is 14.8. The van der Waals surface area contributed by atoms with E-state index in [4.69, 9.17) is 5.14 Å². The normalized spacial score (nSPS) is 11.2. The zero-order valence-corrected chi connectivity index (χ0v) is 12.4. The Bertz CT molecular complexity index is 643. The molecule has 4 N–H and O–H groups in total. The Kier molecular flexibility index (Phi) is 4.99. The molecule has 0 amide bonds. The van der Waals surface area contributed by atoms with Crippen LogP contribution in [0.4, 0.5) is 5.82 Å². The molecule has 0 atom stereocenters. The number of nitrogens with one attached hydrogen (secondary N) is 2. The number of aromatic amines is 1. The first-order chi connectivity index (χ1) is 9.55. The van der Waals surface area contributed by atoms with Gasteiger partial charge in [-0.3, -0.25) is 5.32 Å². The van der Waals surface area contributed by atoms with Crippen LogP contribution in [0, 0.1) is 0 Å². The van der Waals surface area contributed by atoms with Gasteiger partial charge in [0.15, 0.2) is 0 Å². The minimum Gasteiger partial charge on any atom is -0.274 e. The standard InChI is InChI=1S/C13H15N3O2S2/c14-20(17,18)12-6-7-13(16-10-12)15-8-9-19-11-4-2-1-3-5-11/h1-7,10H,8-9H2,(H,15,16)(H2,14,17,18)/p+1. The second-order valence-corrected chi connectivity index (χ2v) is 6.80. The predicted molar refractivity (Wildman–Crippen MR) is 80.0 cm³/mol. The molecular weight excluding hydrogens is 294 g/mol. The van der Waals surface area contributed by atoms with Gasteiger partial charge in [0, 0.05) is 16.7 Å². The molecule has 0 aliphatic rings. The first-order valence-electron chi connectivity index (χ1n) is 6.02. The number of rotatable bonds is 6. The van der Waals surface area contributed by atoms with Gasteiger partial charge in [-0.05, 0) is 18.2 Å². The third kappa shape index (κ3) is 4.52. The molecule has 106 valence electrons. The monoisotopic (exact) mass is 310 g/mol. The van der Waals surface area contributed by atoms with Crippen molar-refractivity contribution in [3.8, 4) is 0 Å². The van der Waals surface area contributed by atoms with Crippen molar-refractivity contribution in [1.82, 2.24) is 0 Å². The lowest BCUT2D eigenvalue weighted by Crippen LogP contribution is -2.19. The maximum Gasteiger partial charge on any atom is 0.272 e. The number of hydrogen-bond acceptors (Lipinski definition) is 4. The average molecular weight is 310 g/mol. The van der Waals surface area contributed by atoms with Gasteiger partial charge in [0.2, 0.25) is 10.0 Å². The fourth-order valence-corrected chi connectivity index (χ4v) is 2.84. The van der Waals surface area contributed by atoms with Crippen molar-refractivity contribution in [2.45, 2.75) is 9.79 Å². The summed E-state index contributed by atoms with van der Waals surface area (Å²) in [5.74, 6) is 1.67. The highest BCUT2D eigenvalue weighted by atomic mass is 32.2. The van der Waals surface area contributed by atoms with Crippen molar-refractivity contribution in [3.63, 3.8) is 0 Å². The van der Waals surface area contributed by atoms with Crippen molar-refractivity contribution >= 4 is 27.6 Å². The Morgan fingerprint density at radius 2 is 1.90 bits per heavy atom. The second kappa shape index (κ2) is 6.74. The fraction of sp³-hybridized carbons (Fsp3) is 0.154. The van der Waals surface area contributed by atoms with E-state index in [1.54, 1.807) is 17.8 Å². The van der Waals surface area contributed by atoms with Gasteiger partial charge in [-0.1, -0.05) is 18.2 Å². The summed E-state index contributed by atoms with van der Waals surface area (Å²) in [4.78, 5) is 4.16. The fourth-order valence-electron chi connectivity index (χ4n) is 1.57. The molecule has 0 radical (unpaired) electrons. The number of hydrogen-bond donors (Lipinski definition) is 2. The first-order valence-corrected chi connectivity index (χ1v) is 8.55. The van der Waals surface area contributed by atoms with Crippen LogP contribution in [0.5, 0.6) is 0 Å². The number of H-pyrrole nitrogens is 1. The molecule has 0 saturated carbocycles. The Morgan fingerprint density at radius 3 is 2.50 bits per heavy atom. The molecule has 1 heterocycles. The molecular formula is C13H16N3O2S2+. The van der Waals surface area contributed by atoms with E-state index in [1.807, 2.05) is 18.2 Å². The molecule has 0 saturated heterocycles. The lowest BCUT2D eigenvalue weighted by atomic mass is 10.4. The zero-order valence-electron chi connectivity index (χ0n) is 10.7. The van der Waals surface area contributed by atoms with Gasteiger partial charge in [0.05, 0.1) is 6.54 Å². The zero-order chi connectivity index (χ0) is 14.4. The smallest absolute Gasteiger partial charge is 0.272 e. The summed E-state index contributed by atoms with van der Waals surface area (Å²) in [6, 6.07) is 13.3. The highest BCUT2D eigenvalue weighted by molar-refractivity contribution is 7.99. The largest absolute Gasteiger partial charge is 0.274 e. The molecule has 0 bridgehead atoms. The molecule has 2 aromatic rings. The molecule has 5 nitrogen and oxygen atoms in total. The van der Waals surface area contributed by atoms with Crippen molar-refractivity contribution in [1.29, 1.82) is 0 Å². The minimum atomic E-state index is -3.64. The van der Waals surface area contributed by atoms with Crippen LogP contribution < -0.4 is 15.4 Å². The number of primary sulfonamides is 1. The lowest BCUT2D eigenvalue weighted by molar-refractivity contribution is -0.364. The minimum absolute atomic E-state index is 0.0710. The third-order valence-electron chi connectivity index (χ3n) is 2.54. The number of aromatic nitrogens is 1. The van der Waals surface area contributed by atoms with E-state index < -0.39 is 10.0 Å². The van der Waals surface area contributed by atoms with Gasteiger partial charge < -0.3 is 0 Å². The van der Waals surface area contributed by atoms with E-state index in [9.17, 15) is 8.42 Å². The molecule has 7 heteroatoms. The predicted octanol–water partition coefficient (Wildman–Crippen LogP) is 1.35. The van der Waals surface area contributed by atoms with Gasteiger partial charge >= 0.3 is 0 Å². The highest BCUT2D eigenvalue weighted by Gasteiger charge is 2.10. The topological polar surface area (TPSA) is 86.3 Å². The van der Waals surface area contributed by atoms with Crippen molar-refractivity contribution in [2.75, 3.05) is 17.6 Å². The summed E-state index contributed by atoms with van der Waals surface area (Å²) in [5.41, 5.74) is 0. The molecule has 20 heavy (non-hydrogen) atoms. The summed E-state index contributed by atoms with van der Waals surface area (Å²) in [6.45, 7) is 0.769. The Balaban J connectivity index is 1.80. The van der Waals surface area contributed by atoms with E-state index >= 15 is 0 Å². The van der Waals surface area contributed by atoms with Crippen LogP contribution in [-0.2, 0) is 10.0 Å². The van der Waals surface area contributed by atoms with E-state index in [0.717, 1.165) is 18.1 Å². The van der Waals surface area contributed by atoms with Crippen LogP contribution in [0.2, 0.25) is 0 Å². The van der Waals surface area contributed by atoms with Crippen LogP contribution in [0.25, 0.3) is 0 Å². The van der Waals surface area contributed by atoms with Gasteiger partial charge in [-0.15, -0.1) is 11.8 Å². The highest BCUT2D eigenvalue weighted by Crippen LogP contribution is 2.16. The number of benzene rings is 1. The Morgan fingerprint density at radius 1 is 1.15 bits per heavy atom. The number of sulfonamides is 1. The number of pyridine rings is 1. The molecule has 0 spiro atoms. The van der Waals surface area contributed by atoms with Crippen molar-refractivity contribution < 1.29 is 13.4 Å². The van der Waals surface area contributed by atoms with Gasteiger partial charge in [0.1, 0.15) is 11.1 Å². The number of anilines is 1. The molecule has 0 unspecified atom stereocenters. The SMILES string of the molecule is NS(=O)(=O)c1ccc(NCCSc2ccccc2)[nH+]c1. The lowest BCUT2D eigenvalue weighted by Gasteiger charge is -2.01. The van der Waals surface area contributed by atoms with Crippen LogP contribution in [0.1, 0.15) is 0 Å². The number of thioether (sulfide) groups is 1. The van der Waals surface area contributed by atoms with Crippen LogP contribution >= 0.6 is 11.8 Å². The Labute approximate surface area is 122 Å². The molecule has 0 aliphatic heterocycles. The average Bonchev–Trinajstić information content (AvgIpc) is 2.44. The van der Waals surface area contributed by atoms with Crippen LogP contribution in [0.15, 0.2) is 58.5 Å². The van der Waals surface area contributed by atoms with Crippen LogP contribution in [0.3, 0.4) is 0 Å². The summed E-state index contributed by atoms with van der Waals surface area (Å²) in [6.07, 6.45) is 1.38. The van der Waals surface area contributed by atoms with Gasteiger partial charge in [-0.2, -0.15) is 0 Å². The van der Waals surface area contributed by atoms with Crippen molar-refractivity contribution in [3.05, 3.63) is 48.7 Å². The van der Waals surface area contributed by atoms with Gasteiger partial charge in [-0.25, -0.2) is 18.5 Å². The molecule has 1 aromatic carbocycles. The Hall–Kier alpha value is -1.57. The molecule has 1 aromatic heterocycles. The van der Waals surface area contributed by atoms with E-state index in [-0.39, 0.29) is 4.90 Å². The quantitative estimate of drug-likeness (QED) is 0.623. The van der Waals surface area contributed by atoms with E-state index in [0.29, 0.717) is 0 Å². The van der Waals surface area contributed by atoms with E-state index in [2.05, 4.69) is 22.4 Å². The summed E-state index contributed by atoms with van der Waals surface area (Å²) in [7, 11) is -3.64. The van der Waals surface area contributed by atoms with Gasteiger partial charge in [0.25, 0.3) is 5.82 Å². The molecule has 0 fully saturated rings. The van der Waals surface area contributed by atoms with E-state index in [1.165, 1.54) is 17.2 Å².